The van der Waals surface area contributed by atoms with Crippen molar-refractivity contribution in [3.8, 4) is 16.9 Å². The molecular weight excluding hydrogens is 499 g/mol. The second-order valence-corrected chi connectivity index (χ2v) is 10.1. The first-order chi connectivity index (χ1) is 18.2. The number of carbonyl (C=O) groups is 1. The number of carbonyl (C=O) groups excluding carboxylic acids is 1. The lowest BCUT2D eigenvalue weighted by Crippen LogP contribution is -2.62. The Morgan fingerprint density at radius 3 is 2.03 bits per heavy atom. The number of amides is 1. The predicted molar refractivity (Wildman–Crippen MR) is 132 cm³/mol. The molecule has 2 heterocycles. The van der Waals surface area contributed by atoms with Crippen molar-refractivity contribution >= 4 is 6.09 Å². The third-order valence-corrected chi connectivity index (χ3v) is 7.73. The zero-order valence-electron chi connectivity index (χ0n) is 20.4. The third kappa shape index (κ3) is 4.50. The van der Waals surface area contributed by atoms with Crippen LogP contribution in [0.1, 0.15) is 35.4 Å². The van der Waals surface area contributed by atoms with E-state index in [-0.39, 0.29) is 44.3 Å². The Hall–Kier alpha value is -3.56. The van der Waals surface area contributed by atoms with Gasteiger partial charge >= 0.3 is 12.5 Å². The van der Waals surface area contributed by atoms with Crippen molar-refractivity contribution in [2.24, 2.45) is 0 Å². The van der Waals surface area contributed by atoms with E-state index in [1.54, 1.807) is 4.90 Å². The lowest BCUT2D eigenvalue weighted by Gasteiger charge is -2.51. The van der Waals surface area contributed by atoms with Gasteiger partial charge in [-0.05, 0) is 39.9 Å². The van der Waals surface area contributed by atoms with Crippen molar-refractivity contribution in [1.29, 1.82) is 0 Å². The second-order valence-electron chi connectivity index (χ2n) is 10.1. The smallest absolute Gasteiger partial charge is 0.448 e. The molecule has 2 saturated heterocycles. The number of benzene rings is 3. The number of hydrogen-bond acceptors (Lipinski definition) is 5. The molecule has 1 N–H and O–H groups in total. The summed E-state index contributed by atoms with van der Waals surface area (Å²) in [4.78, 5) is 15.0. The number of ether oxygens (including phenoxy) is 3. The van der Waals surface area contributed by atoms with Gasteiger partial charge in [0.25, 0.3) is 0 Å². The highest BCUT2D eigenvalue weighted by Gasteiger charge is 2.49. The number of hydrogen-bond donors (Lipinski definition) is 1. The van der Waals surface area contributed by atoms with Crippen molar-refractivity contribution in [3.05, 3.63) is 89.5 Å². The van der Waals surface area contributed by atoms with Crippen molar-refractivity contribution in [3.63, 3.8) is 0 Å². The molecule has 2 fully saturated rings. The minimum atomic E-state index is -4.79. The SMILES string of the molecule is O=C(OCC1c2ccccc2-c2ccccc21)N1C2COCC1CC(O)(c1ccc(OC(F)(F)F)cc1)C2. The first-order valence-corrected chi connectivity index (χ1v) is 12.5. The number of halogens is 3. The fourth-order valence-electron chi connectivity index (χ4n) is 6.15. The fourth-order valence-corrected chi connectivity index (χ4v) is 6.15. The summed E-state index contributed by atoms with van der Waals surface area (Å²) in [6.07, 6.45) is -4.90. The van der Waals surface area contributed by atoms with Crippen LogP contribution in [0, 0.1) is 0 Å². The monoisotopic (exact) mass is 525 g/mol. The summed E-state index contributed by atoms with van der Waals surface area (Å²) in [5.74, 6) is -0.425. The first-order valence-electron chi connectivity index (χ1n) is 12.5. The summed E-state index contributed by atoms with van der Waals surface area (Å²) in [5, 5.41) is 11.5. The normalized spacial score (nSPS) is 24.5. The zero-order valence-corrected chi connectivity index (χ0v) is 20.4. The van der Waals surface area contributed by atoms with Crippen LogP contribution in [0.25, 0.3) is 11.1 Å². The van der Waals surface area contributed by atoms with Crippen LogP contribution >= 0.6 is 0 Å². The maximum Gasteiger partial charge on any atom is 0.573 e. The van der Waals surface area contributed by atoms with Gasteiger partial charge in [0.1, 0.15) is 12.4 Å². The number of rotatable bonds is 4. The number of alkyl halides is 3. The largest absolute Gasteiger partial charge is 0.573 e. The number of aliphatic hydroxyl groups is 1. The van der Waals surface area contributed by atoms with Crippen LogP contribution < -0.4 is 4.74 Å². The van der Waals surface area contributed by atoms with Crippen LogP contribution in [-0.4, -0.2) is 54.4 Å². The van der Waals surface area contributed by atoms with Gasteiger partial charge in [0.05, 0.1) is 30.9 Å². The topological polar surface area (TPSA) is 68.2 Å². The molecule has 3 aromatic rings. The maximum atomic E-state index is 13.4. The lowest BCUT2D eigenvalue weighted by atomic mass is 9.77. The van der Waals surface area contributed by atoms with Crippen molar-refractivity contribution in [2.45, 2.75) is 42.8 Å². The molecule has 6 rings (SSSR count). The van der Waals surface area contributed by atoms with Crippen LogP contribution in [0.3, 0.4) is 0 Å². The average molecular weight is 526 g/mol. The molecule has 0 aromatic heterocycles. The van der Waals surface area contributed by atoms with E-state index in [0.717, 1.165) is 22.3 Å². The Kier molecular flexibility index (Phi) is 6.07. The summed E-state index contributed by atoms with van der Waals surface area (Å²) in [6.45, 7) is 0.658. The van der Waals surface area contributed by atoms with E-state index in [2.05, 4.69) is 29.0 Å². The molecule has 2 aliphatic heterocycles. The fraction of sp³-hybridized carbons (Fsp3) is 0.345. The average Bonchev–Trinajstić information content (AvgIpc) is 3.20. The molecule has 2 unspecified atom stereocenters. The Labute approximate surface area is 217 Å². The Morgan fingerprint density at radius 1 is 0.921 bits per heavy atom. The van der Waals surface area contributed by atoms with Gasteiger partial charge in [-0.3, -0.25) is 4.90 Å². The van der Waals surface area contributed by atoms with Crippen molar-refractivity contribution < 1.29 is 37.3 Å². The Bertz CT molecular complexity index is 1280. The standard InChI is InChI=1S/C29H26F3NO5/c30-29(31,32)38-21-11-9-18(10-12-21)28(35)13-19-15-36-16-20(14-28)33(19)27(34)37-17-26-24-7-3-1-5-22(24)23-6-2-4-8-25(23)26/h1-12,19-20,26,35H,13-17H2. The van der Waals surface area contributed by atoms with Crippen molar-refractivity contribution in [1.82, 2.24) is 4.90 Å². The molecule has 3 aliphatic rings. The Morgan fingerprint density at radius 2 is 1.47 bits per heavy atom. The molecule has 0 radical (unpaired) electrons. The van der Waals surface area contributed by atoms with Gasteiger partial charge in [0, 0.05) is 18.8 Å². The summed E-state index contributed by atoms with van der Waals surface area (Å²) in [5.41, 5.74) is 3.67. The van der Waals surface area contributed by atoms with Crippen LogP contribution in [0.4, 0.5) is 18.0 Å². The van der Waals surface area contributed by atoms with E-state index < -0.39 is 30.1 Å². The van der Waals surface area contributed by atoms with Gasteiger partial charge < -0.3 is 19.3 Å². The number of piperidine rings is 1. The highest BCUT2D eigenvalue weighted by molar-refractivity contribution is 5.79. The molecule has 1 amide bonds. The molecule has 2 bridgehead atoms. The number of morpholine rings is 1. The summed E-state index contributed by atoms with van der Waals surface area (Å²) >= 11 is 0. The molecule has 0 saturated carbocycles. The third-order valence-electron chi connectivity index (χ3n) is 7.73. The molecular formula is C29H26F3NO5. The summed E-state index contributed by atoms with van der Waals surface area (Å²) in [7, 11) is 0. The van der Waals surface area contributed by atoms with E-state index in [0.29, 0.717) is 5.56 Å². The molecule has 6 nitrogen and oxygen atoms in total. The van der Waals surface area contributed by atoms with E-state index >= 15 is 0 Å². The molecule has 1 aliphatic carbocycles. The molecule has 198 valence electrons. The van der Waals surface area contributed by atoms with Gasteiger partial charge in [0.2, 0.25) is 0 Å². The summed E-state index contributed by atoms with van der Waals surface area (Å²) in [6, 6.07) is 20.6. The first kappa shape index (κ1) is 24.8. The summed E-state index contributed by atoms with van der Waals surface area (Å²) < 4.78 is 53.1. The lowest BCUT2D eigenvalue weighted by molar-refractivity contribution is -0.274. The number of fused-ring (bicyclic) bond motifs is 5. The van der Waals surface area contributed by atoms with Gasteiger partial charge in [-0.25, -0.2) is 4.79 Å². The van der Waals surface area contributed by atoms with Gasteiger partial charge in [-0.2, -0.15) is 0 Å². The second kappa shape index (κ2) is 9.32. The quantitative estimate of drug-likeness (QED) is 0.482. The van der Waals surface area contributed by atoms with E-state index in [9.17, 15) is 23.1 Å². The van der Waals surface area contributed by atoms with Crippen molar-refractivity contribution in [2.75, 3.05) is 19.8 Å². The predicted octanol–water partition coefficient (Wildman–Crippen LogP) is 5.59. The number of nitrogens with zero attached hydrogens (tertiary/aromatic N) is 1. The Balaban J connectivity index is 1.16. The van der Waals surface area contributed by atoms with Crippen LogP contribution in [-0.2, 0) is 15.1 Å². The molecule has 9 heteroatoms. The minimum absolute atomic E-state index is 0.0680. The highest BCUT2D eigenvalue weighted by Crippen LogP contribution is 2.45. The molecule has 38 heavy (non-hydrogen) atoms. The van der Waals surface area contributed by atoms with Crippen LogP contribution in [0.2, 0.25) is 0 Å². The molecule has 3 aromatic carbocycles. The van der Waals surface area contributed by atoms with Gasteiger partial charge in [-0.15, -0.1) is 13.2 Å². The molecule has 0 spiro atoms. The van der Waals surface area contributed by atoms with Gasteiger partial charge in [0.15, 0.2) is 0 Å². The molecule has 2 atom stereocenters. The maximum absolute atomic E-state index is 13.4. The van der Waals surface area contributed by atoms with E-state index in [1.165, 1.54) is 24.3 Å². The zero-order chi connectivity index (χ0) is 26.5. The van der Waals surface area contributed by atoms with Crippen LogP contribution in [0.5, 0.6) is 5.75 Å². The highest BCUT2D eigenvalue weighted by atomic mass is 19.4. The minimum Gasteiger partial charge on any atom is -0.448 e. The van der Waals surface area contributed by atoms with E-state index in [4.69, 9.17) is 9.47 Å². The van der Waals surface area contributed by atoms with Crippen LogP contribution in [0.15, 0.2) is 72.8 Å². The van der Waals surface area contributed by atoms with Gasteiger partial charge in [-0.1, -0.05) is 60.7 Å². The van der Waals surface area contributed by atoms with E-state index in [1.807, 2.05) is 24.3 Å².